The molecule has 2 aromatic rings. The molecule has 108 valence electrons. The highest BCUT2D eigenvalue weighted by molar-refractivity contribution is 9.10. The fourth-order valence-electron chi connectivity index (χ4n) is 1.69. The van der Waals surface area contributed by atoms with Gasteiger partial charge in [0.2, 0.25) is 10.0 Å². The van der Waals surface area contributed by atoms with E-state index in [1.54, 1.807) is 11.3 Å². The lowest BCUT2D eigenvalue weighted by molar-refractivity contribution is 0.466. The monoisotopic (exact) mass is 377 g/mol. The molecule has 1 heterocycles. The van der Waals surface area contributed by atoms with E-state index in [-0.39, 0.29) is 4.90 Å². The second kappa shape index (κ2) is 6.34. The van der Waals surface area contributed by atoms with Crippen LogP contribution in [0.2, 0.25) is 0 Å². The van der Waals surface area contributed by atoms with Crippen molar-refractivity contribution < 1.29 is 12.8 Å². The zero-order chi connectivity index (χ0) is 14.8. The molecule has 20 heavy (non-hydrogen) atoms. The fraction of sp³-hybridized carbons (Fsp3) is 0.231. The van der Waals surface area contributed by atoms with Crippen molar-refractivity contribution in [1.29, 1.82) is 0 Å². The van der Waals surface area contributed by atoms with Gasteiger partial charge in [-0.05, 0) is 36.1 Å². The predicted molar refractivity (Wildman–Crippen MR) is 81.9 cm³/mol. The van der Waals surface area contributed by atoms with Crippen LogP contribution in [0, 0.1) is 5.82 Å². The number of hydrogen-bond acceptors (Lipinski definition) is 3. The number of thiophene rings is 1. The highest BCUT2D eigenvalue weighted by Gasteiger charge is 2.24. The van der Waals surface area contributed by atoms with Gasteiger partial charge in [-0.2, -0.15) is 0 Å². The number of sulfonamides is 1. The second-order valence-corrected chi connectivity index (χ2v) is 8.19. The van der Waals surface area contributed by atoms with Crippen LogP contribution in [0.3, 0.4) is 0 Å². The Morgan fingerprint density at radius 3 is 2.70 bits per heavy atom. The Morgan fingerprint density at radius 1 is 1.35 bits per heavy atom. The van der Waals surface area contributed by atoms with E-state index in [4.69, 9.17) is 0 Å². The van der Waals surface area contributed by atoms with Crippen LogP contribution in [0.1, 0.15) is 4.88 Å². The summed E-state index contributed by atoms with van der Waals surface area (Å²) in [4.78, 5) is 0.803. The van der Waals surface area contributed by atoms with Crippen molar-refractivity contribution in [3.05, 3.63) is 50.9 Å². The summed E-state index contributed by atoms with van der Waals surface area (Å²) < 4.78 is 40.1. The number of nitrogens with zero attached hydrogens (tertiary/aromatic N) is 1. The third kappa shape index (κ3) is 3.46. The summed E-state index contributed by atoms with van der Waals surface area (Å²) in [6.07, 6.45) is 0.617. The smallest absolute Gasteiger partial charge is 0.207 e. The van der Waals surface area contributed by atoms with E-state index in [0.29, 0.717) is 17.4 Å². The Kier molecular flexibility index (Phi) is 4.95. The third-order valence-electron chi connectivity index (χ3n) is 2.84. The molecule has 1 aromatic heterocycles. The van der Waals surface area contributed by atoms with Gasteiger partial charge in [0.25, 0.3) is 0 Å². The van der Waals surface area contributed by atoms with Crippen LogP contribution in [0.25, 0.3) is 0 Å². The van der Waals surface area contributed by atoms with Crippen LogP contribution in [0.15, 0.2) is 45.1 Å². The van der Waals surface area contributed by atoms with Gasteiger partial charge in [0, 0.05) is 22.9 Å². The summed E-state index contributed by atoms with van der Waals surface area (Å²) in [5, 5.41) is 1.94. The Labute approximate surface area is 130 Å². The number of benzene rings is 1. The molecule has 0 bridgehead atoms. The molecule has 0 spiro atoms. The van der Waals surface area contributed by atoms with Crippen molar-refractivity contribution in [3.8, 4) is 0 Å². The van der Waals surface area contributed by atoms with Gasteiger partial charge < -0.3 is 0 Å². The largest absolute Gasteiger partial charge is 0.245 e. The summed E-state index contributed by atoms with van der Waals surface area (Å²) in [7, 11) is -2.33. The Bertz CT molecular complexity index is 686. The van der Waals surface area contributed by atoms with Crippen molar-refractivity contribution in [3.63, 3.8) is 0 Å². The lowest BCUT2D eigenvalue weighted by Gasteiger charge is -2.17. The van der Waals surface area contributed by atoms with Crippen molar-refractivity contribution in [2.24, 2.45) is 0 Å². The number of halogens is 2. The summed E-state index contributed by atoms with van der Waals surface area (Å²) in [6, 6.07) is 7.81. The van der Waals surface area contributed by atoms with E-state index in [2.05, 4.69) is 15.9 Å². The quantitative estimate of drug-likeness (QED) is 0.799. The van der Waals surface area contributed by atoms with Crippen LogP contribution < -0.4 is 0 Å². The maximum Gasteiger partial charge on any atom is 0.245 e. The van der Waals surface area contributed by atoms with Crippen molar-refractivity contribution >= 4 is 37.3 Å². The van der Waals surface area contributed by atoms with Crippen molar-refractivity contribution in [2.45, 2.75) is 11.3 Å². The Hall–Kier alpha value is -0.760. The van der Waals surface area contributed by atoms with Crippen LogP contribution in [-0.2, 0) is 16.4 Å². The third-order valence-corrected chi connectivity index (χ3v) is 6.15. The zero-order valence-electron chi connectivity index (χ0n) is 10.7. The van der Waals surface area contributed by atoms with E-state index in [1.807, 2.05) is 17.5 Å². The maximum absolute atomic E-state index is 13.8. The predicted octanol–water partition coefficient (Wildman–Crippen LogP) is 3.51. The molecule has 0 amide bonds. The topological polar surface area (TPSA) is 37.4 Å². The first kappa shape index (κ1) is 15.6. The van der Waals surface area contributed by atoms with Gasteiger partial charge in [0.15, 0.2) is 0 Å². The lowest BCUT2D eigenvalue weighted by Crippen LogP contribution is -2.29. The molecule has 0 N–H and O–H groups in total. The van der Waals surface area contributed by atoms with Gasteiger partial charge >= 0.3 is 0 Å². The highest BCUT2D eigenvalue weighted by Crippen LogP contribution is 2.22. The molecule has 0 aliphatic carbocycles. The SMILES string of the molecule is CN(CCc1cccs1)S(=O)(=O)c1ccc(Br)cc1F. The molecule has 1 aromatic carbocycles. The Balaban J connectivity index is 2.16. The van der Waals surface area contributed by atoms with E-state index in [1.165, 1.54) is 23.5 Å². The normalized spacial score (nSPS) is 12.0. The second-order valence-electron chi connectivity index (χ2n) is 4.23. The molecule has 0 aliphatic rings. The van der Waals surface area contributed by atoms with Gasteiger partial charge in [-0.25, -0.2) is 17.1 Å². The molecule has 2 rings (SSSR count). The van der Waals surface area contributed by atoms with Crippen LogP contribution in [-0.4, -0.2) is 26.3 Å². The number of likely N-dealkylation sites (N-methyl/N-ethyl adjacent to an activating group) is 1. The minimum atomic E-state index is -3.80. The molecule has 7 heteroatoms. The first-order valence-corrected chi connectivity index (χ1v) is 8.96. The molecule has 0 radical (unpaired) electrons. The van der Waals surface area contributed by atoms with Crippen LogP contribution in [0.5, 0.6) is 0 Å². The molecular weight excluding hydrogens is 365 g/mol. The minimum Gasteiger partial charge on any atom is -0.207 e. The van der Waals surface area contributed by atoms with Crippen LogP contribution >= 0.6 is 27.3 Å². The molecule has 0 atom stereocenters. The van der Waals surface area contributed by atoms with Gasteiger partial charge in [-0.1, -0.05) is 22.0 Å². The van der Waals surface area contributed by atoms with Crippen LogP contribution in [0.4, 0.5) is 4.39 Å². The first-order valence-electron chi connectivity index (χ1n) is 5.85. The Morgan fingerprint density at radius 2 is 2.10 bits per heavy atom. The summed E-state index contributed by atoms with van der Waals surface area (Å²) in [6.45, 7) is 0.318. The van der Waals surface area contributed by atoms with E-state index in [0.717, 1.165) is 10.9 Å². The maximum atomic E-state index is 13.8. The standard InChI is InChI=1S/C13H13BrFNO2S2/c1-16(7-6-11-3-2-8-19-11)20(17,18)13-5-4-10(14)9-12(13)15/h2-5,8-9H,6-7H2,1H3. The van der Waals surface area contributed by atoms with Crippen molar-refractivity contribution in [1.82, 2.24) is 4.31 Å². The molecule has 0 aliphatic heterocycles. The molecule has 0 fully saturated rings. The molecule has 0 saturated carbocycles. The number of hydrogen-bond donors (Lipinski definition) is 0. The molecule has 0 saturated heterocycles. The van der Waals surface area contributed by atoms with Gasteiger partial charge in [0.05, 0.1) is 0 Å². The fourth-order valence-corrected chi connectivity index (χ4v) is 3.94. The average molecular weight is 378 g/mol. The number of rotatable bonds is 5. The van der Waals surface area contributed by atoms with Crippen molar-refractivity contribution in [2.75, 3.05) is 13.6 Å². The summed E-state index contributed by atoms with van der Waals surface area (Å²) >= 11 is 4.68. The summed E-state index contributed by atoms with van der Waals surface area (Å²) in [5.41, 5.74) is 0. The van der Waals surface area contributed by atoms with E-state index in [9.17, 15) is 12.8 Å². The molecular formula is C13H13BrFNO2S2. The van der Waals surface area contributed by atoms with Gasteiger partial charge in [0.1, 0.15) is 10.7 Å². The summed E-state index contributed by atoms with van der Waals surface area (Å²) in [5.74, 6) is -0.748. The highest BCUT2D eigenvalue weighted by atomic mass is 79.9. The van der Waals surface area contributed by atoms with Gasteiger partial charge in [-0.3, -0.25) is 0 Å². The lowest BCUT2D eigenvalue weighted by atomic mass is 10.3. The average Bonchev–Trinajstić information content (AvgIpc) is 2.88. The molecule has 0 unspecified atom stereocenters. The zero-order valence-corrected chi connectivity index (χ0v) is 13.9. The van der Waals surface area contributed by atoms with E-state index < -0.39 is 15.8 Å². The first-order chi connectivity index (χ1) is 9.41. The van der Waals surface area contributed by atoms with Gasteiger partial charge in [-0.15, -0.1) is 11.3 Å². The molecule has 3 nitrogen and oxygen atoms in total. The van der Waals surface area contributed by atoms with E-state index >= 15 is 0 Å². The minimum absolute atomic E-state index is 0.297.